The number of hydrogen-bond donors (Lipinski definition) is 0. The smallest absolute Gasteiger partial charge is 0.257 e. The highest BCUT2D eigenvalue weighted by atomic mass is 32.1. The van der Waals surface area contributed by atoms with Gasteiger partial charge in [0.15, 0.2) is 0 Å². The summed E-state index contributed by atoms with van der Waals surface area (Å²) in [5.74, 6) is -1.62. The molecular formula is C25H24F2N2O2S. The number of nitrogens with zero attached hydrogens (tertiary/aromatic N) is 2. The number of rotatable bonds is 8. The first-order chi connectivity index (χ1) is 15.4. The van der Waals surface area contributed by atoms with Gasteiger partial charge in [0.25, 0.3) is 5.91 Å². The van der Waals surface area contributed by atoms with Gasteiger partial charge in [-0.25, -0.2) is 8.78 Å². The summed E-state index contributed by atoms with van der Waals surface area (Å²) in [6, 6.07) is 13.8. The summed E-state index contributed by atoms with van der Waals surface area (Å²) >= 11 is 1.57. The van der Waals surface area contributed by atoms with Crippen LogP contribution in [0.5, 0.6) is 0 Å². The standard InChI is InChI=1S/C25H24F2N2O2S/c1-17-12-13-32-23(17)15-28(14-18-6-8-19(26)9-7-18)24(30)16-29(20-10-11-20)25(31)21-4-2-3-5-22(21)27/h2-9,12-13,20H,10-11,14-16H2,1H3. The molecule has 3 aromatic rings. The van der Waals surface area contributed by atoms with Crippen molar-refractivity contribution >= 4 is 23.2 Å². The molecule has 0 atom stereocenters. The third-order valence-electron chi connectivity index (χ3n) is 5.60. The van der Waals surface area contributed by atoms with Crippen molar-refractivity contribution in [1.29, 1.82) is 0 Å². The fourth-order valence-corrected chi connectivity index (χ4v) is 4.49. The lowest BCUT2D eigenvalue weighted by atomic mass is 10.1. The van der Waals surface area contributed by atoms with Crippen molar-refractivity contribution in [2.45, 2.75) is 38.9 Å². The van der Waals surface area contributed by atoms with Crippen LogP contribution in [-0.4, -0.2) is 34.2 Å². The molecule has 166 valence electrons. The van der Waals surface area contributed by atoms with Gasteiger partial charge < -0.3 is 9.80 Å². The molecule has 1 aliphatic rings. The third-order valence-corrected chi connectivity index (χ3v) is 6.61. The van der Waals surface area contributed by atoms with Gasteiger partial charge in [-0.05, 0) is 66.6 Å². The molecule has 7 heteroatoms. The highest BCUT2D eigenvalue weighted by Crippen LogP contribution is 2.29. The number of amides is 2. The summed E-state index contributed by atoms with van der Waals surface area (Å²) < 4.78 is 27.6. The van der Waals surface area contributed by atoms with Gasteiger partial charge in [0.1, 0.15) is 18.2 Å². The predicted octanol–water partition coefficient (Wildman–Crippen LogP) is 5.17. The van der Waals surface area contributed by atoms with E-state index >= 15 is 0 Å². The average molecular weight is 455 g/mol. The molecule has 32 heavy (non-hydrogen) atoms. The van der Waals surface area contributed by atoms with E-state index in [1.54, 1.807) is 34.4 Å². The fraction of sp³-hybridized carbons (Fsp3) is 0.280. The van der Waals surface area contributed by atoms with Crippen molar-refractivity contribution in [3.05, 3.63) is 93.2 Å². The van der Waals surface area contributed by atoms with Crippen molar-refractivity contribution in [2.75, 3.05) is 6.54 Å². The lowest BCUT2D eigenvalue weighted by molar-refractivity contribution is -0.133. The monoisotopic (exact) mass is 454 g/mol. The van der Waals surface area contributed by atoms with Crippen LogP contribution in [0.25, 0.3) is 0 Å². The van der Waals surface area contributed by atoms with Crippen molar-refractivity contribution in [3.63, 3.8) is 0 Å². The minimum absolute atomic E-state index is 0.0219. The van der Waals surface area contributed by atoms with Crippen LogP contribution in [0, 0.1) is 18.6 Å². The van der Waals surface area contributed by atoms with E-state index in [9.17, 15) is 18.4 Å². The largest absolute Gasteiger partial charge is 0.332 e. The van der Waals surface area contributed by atoms with Crippen LogP contribution < -0.4 is 0 Å². The number of benzene rings is 2. The molecule has 0 aliphatic heterocycles. The SMILES string of the molecule is Cc1ccsc1CN(Cc1ccc(F)cc1)C(=O)CN(C(=O)c1ccccc1F)C1CC1. The molecule has 0 unspecified atom stereocenters. The Hall–Kier alpha value is -3.06. The second-order valence-corrected chi connectivity index (χ2v) is 9.05. The van der Waals surface area contributed by atoms with Gasteiger partial charge in [0.2, 0.25) is 5.91 Å². The number of aryl methyl sites for hydroxylation is 1. The molecule has 2 aromatic carbocycles. The fourth-order valence-electron chi connectivity index (χ4n) is 3.57. The zero-order chi connectivity index (χ0) is 22.7. The zero-order valence-corrected chi connectivity index (χ0v) is 18.6. The molecule has 0 N–H and O–H groups in total. The molecule has 1 aliphatic carbocycles. The van der Waals surface area contributed by atoms with Crippen molar-refractivity contribution in [2.24, 2.45) is 0 Å². The van der Waals surface area contributed by atoms with Gasteiger partial charge in [-0.3, -0.25) is 9.59 Å². The van der Waals surface area contributed by atoms with Crippen molar-refractivity contribution < 1.29 is 18.4 Å². The summed E-state index contributed by atoms with van der Waals surface area (Å²) in [7, 11) is 0. The quantitative estimate of drug-likeness (QED) is 0.471. The molecule has 1 aromatic heterocycles. The van der Waals surface area contributed by atoms with Crippen LogP contribution in [-0.2, 0) is 17.9 Å². The van der Waals surface area contributed by atoms with Crippen molar-refractivity contribution in [1.82, 2.24) is 9.80 Å². The lowest BCUT2D eigenvalue weighted by Gasteiger charge is -2.28. The van der Waals surface area contributed by atoms with Crippen LogP contribution in [0.1, 0.15) is 39.2 Å². The number of carbonyl (C=O) groups excluding carboxylic acids is 2. The van der Waals surface area contributed by atoms with E-state index in [1.165, 1.54) is 35.2 Å². The van der Waals surface area contributed by atoms with Crippen LogP contribution >= 0.6 is 11.3 Å². The molecule has 0 bridgehead atoms. The summed E-state index contributed by atoms with van der Waals surface area (Å²) in [6.45, 7) is 2.56. The summed E-state index contributed by atoms with van der Waals surface area (Å²) in [4.78, 5) is 30.6. The molecule has 1 fully saturated rings. The summed E-state index contributed by atoms with van der Waals surface area (Å²) in [5, 5.41) is 1.98. The van der Waals surface area contributed by atoms with Crippen LogP contribution in [0.4, 0.5) is 8.78 Å². The van der Waals surface area contributed by atoms with E-state index in [0.717, 1.165) is 28.8 Å². The molecule has 1 saturated carbocycles. The highest BCUT2D eigenvalue weighted by molar-refractivity contribution is 7.10. The lowest BCUT2D eigenvalue weighted by Crippen LogP contribution is -2.43. The first-order valence-electron chi connectivity index (χ1n) is 10.5. The second kappa shape index (κ2) is 9.61. The highest BCUT2D eigenvalue weighted by Gasteiger charge is 2.36. The first-order valence-corrected chi connectivity index (χ1v) is 11.4. The summed E-state index contributed by atoms with van der Waals surface area (Å²) in [5.41, 5.74) is 1.87. The van der Waals surface area contributed by atoms with E-state index in [0.29, 0.717) is 13.1 Å². The summed E-state index contributed by atoms with van der Waals surface area (Å²) in [6.07, 6.45) is 1.60. The van der Waals surface area contributed by atoms with Crippen LogP contribution in [0.2, 0.25) is 0 Å². The zero-order valence-electron chi connectivity index (χ0n) is 17.8. The molecule has 0 radical (unpaired) electrons. The maximum Gasteiger partial charge on any atom is 0.257 e. The minimum Gasteiger partial charge on any atom is -0.332 e. The second-order valence-electron chi connectivity index (χ2n) is 8.05. The normalized spacial score (nSPS) is 13.1. The number of halogens is 2. The molecular weight excluding hydrogens is 430 g/mol. The molecule has 2 amide bonds. The van der Waals surface area contributed by atoms with E-state index in [1.807, 2.05) is 18.4 Å². The number of carbonyl (C=O) groups is 2. The predicted molar refractivity (Wildman–Crippen MR) is 120 cm³/mol. The van der Waals surface area contributed by atoms with E-state index in [-0.39, 0.29) is 29.9 Å². The Kier molecular flexibility index (Phi) is 6.65. The maximum absolute atomic E-state index is 14.2. The van der Waals surface area contributed by atoms with E-state index in [2.05, 4.69) is 0 Å². The number of thiophene rings is 1. The minimum atomic E-state index is -0.590. The van der Waals surface area contributed by atoms with Crippen LogP contribution in [0.3, 0.4) is 0 Å². The Bertz CT molecular complexity index is 1110. The van der Waals surface area contributed by atoms with Crippen LogP contribution in [0.15, 0.2) is 60.0 Å². The molecule has 0 spiro atoms. The Morgan fingerprint density at radius 1 is 1.00 bits per heavy atom. The van der Waals surface area contributed by atoms with Gasteiger partial charge in [0, 0.05) is 17.5 Å². The van der Waals surface area contributed by atoms with E-state index in [4.69, 9.17) is 0 Å². The Balaban J connectivity index is 1.55. The molecule has 4 nitrogen and oxygen atoms in total. The van der Waals surface area contributed by atoms with Crippen molar-refractivity contribution in [3.8, 4) is 0 Å². The Morgan fingerprint density at radius 3 is 2.34 bits per heavy atom. The van der Waals surface area contributed by atoms with Gasteiger partial charge in [-0.1, -0.05) is 24.3 Å². The molecule has 4 rings (SSSR count). The van der Waals surface area contributed by atoms with E-state index < -0.39 is 11.7 Å². The van der Waals surface area contributed by atoms with Gasteiger partial charge >= 0.3 is 0 Å². The Labute approximate surface area is 190 Å². The first kappa shape index (κ1) is 22.1. The van der Waals surface area contributed by atoms with Gasteiger partial charge in [-0.15, -0.1) is 11.3 Å². The number of hydrogen-bond acceptors (Lipinski definition) is 3. The average Bonchev–Trinajstić information content (AvgIpc) is 3.55. The van der Waals surface area contributed by atoms with Gasteiger partial charge in [0.05, 0.1) is 12.1 Å². The molecule has 0 saturated heterocycles. The topological polar surface area (TPSA) is 40.6 Å². The molecule has 1 heterocycles. The van der Waals surface area contributed by atoms with Gasteiger partial charge in [-0.2, -0.15) is 0 Å². The maximum atomic E-state index is 14.2. The third kappa shape index (κ3) is 5.22. The Morgan fingerprint density at radius 2 is 1.72 bits per heavy atom.